The second-order valence-corrected chi connectivity index (χ2v) is 7.81. The first-order valence-electron chi connectivity index (χ1n) is 9.23. The van der Waals surface area contributed by atoms with Gasteiger partial charge in [-0.1, -0.05) is 42.8 Å². The molecule has 27 heavy (non-hydrogen) atoms. The van der Waals surface area contributed by atoms with Crippen molar-refractivity contribution >= 4 is 11.6 Å². The average Bonchev–Trinajstić information content (AvgIpc) is 3.13. The molecule has 1 N–H and O–H groups in total. The third kappa shape index (κ3) is 4.90. The summed E-state index contributed by atoms with van der Waals surface area (Å²) in [6.45, 7) is 8.77. The summed E-state index contributed by atoms with van der Waals surface area (Å²) in [5.41, 5.74) is 2.17. The zero-order valence-corrected chi connectivity index (χ0v) is 16.8. The Morgan fingerprint density at radius 3 is 2.59 bits per heavy atom. The summed E-state index contributed by atoms with van der Waals surface area (Å²) in [5.74, 6) is 0.882. The fourth-order valence-corrected chi connectivity index (χ4v) is 3.25. The molecule has 0 saturated heterocycles. The van der Waals surface area contributed by atoms with Crippen molar-refractivity contribution in [2.24, 2.45) is 0 Å². The van der Waals surface area contributed by atoms with Crippen LogP contribution in [0.5, 0.6) is 0 Å². The quantitative estimate of drug-likeness (QED) is 0.647. The Kier molecular flexibility index (Phi) is 6.19. The van der Waals surface area contributed by atoms with Gasteiger partial charge in [0.25, 0.3) is 0 Å². The highest BCUT2D eigenvalue weighted by atomic mass is 35.5. The molecule has 0 aliphatic heterocycles. The Bertz CT molecular complexity index is 862. The van der Waals surface area contributed by atoms with Crippen LogP contribution in [0.15, 0.2) is 48.8 Å². The van der Waals surface area contributed by atoms with Gasteiger partial charge in [0.05, 0.1) is 5.54 Å². The molecule has 0 saturated carbocycles. The van der Waals surface area contributed by atoms with Gasteiger partial charge in [-0.3, -0.25) is 4.98 Å². The average molecular weight is 386 g/mol. The van der Waals surface area contributed by atoms with Gasteiger partial charge < -0.3 is 4.90 Å². The largest absolute Gasteiger partial charge is 0.321 e. The van der Waals surface area contributed by atoms with Crippen LogP contribution in [0.4, 0.5) is 0 Å². The summed E-state index contributed by atoms with van der Waals surface area (Å²) in [5, 5.41) is 13.3. The minimum Gasteiger partial charge on any atom is -0.321 e. The lowest BCUT2D eigenvalue weighted by Gasteiger charge is -2.25. The van der Waals surface area contributed by atoms with E-state index in [9.17, 15) is 0 Å². The lowest BCUT2D eigenvalue weighted by atomic mass is 10.0. The molecule has 3 rings (SSSR count). The first-order valence-corrected chi connectivity index (χ1v) is 9.61. The van der Waals surface area contributed by atoms with Crippen LogP contribution in [0.1, 0.15) is 44.1 Å². The van der Waals surface area contributed by atoms with E-state index in [2.05, 4.69) is 53.4 Å². The zero-order chi connectivity index (χ0) is 19.3. The van der Waals surface area contributed by atoms with E-state index in [0.29, 0.717) is 6.54 Å². The molecule has 7 heteroatoms. The number of nitrogens with one attached hydrogen (secondary N) is 1. The number of tetrazole rings is 1. The molecule has 0 aliphatic carbocycles. The Hall–Kier alpha value is -2.31. The summed E-state index contributed by atoms with van der Waals surface area (Å²) in [4.78, 5) is 5.55. The lowest BCUT2D eigenvalue weighted by Crippen LogP contribution is -3.08. The molecule has 2 heterocycles. The summed E-state index contributed by atoms with van der Waals surface area (Å²) in [6, 6.07) is 12.0. The highest BCUT2D eigenvalue weighted by molar-refractivity contribution is 6.31. The van der Waals surface area contributed by atoms with Crippen molar-refractivity contribution in [2.75, 3.05) is 0 Å². The molecule has 1 aromatic carbocycles. The van der Waals surface area contributed by atoms with Crippen LogP contribution in [-0.4, -0.2) is 25.2 Å². The lowest BCUT2D eigenvalue weighted by molar-refractivity contribution is -0.941. The van der Waals surface area contributed by atoms with Gasteiger partial charge in [0.1, 0.15) is 19.6 Å². The Balaban J connectivity index is 1.86. The van der Waals surface area contributed by atoms with Gasteiger partial charge in [-0.25, -0.2) is 4.68 Å². The van der Waals surface area contributed by atoms with E-state index in [0.717, 1.165) is 35.9 Å². The summed E-state index contributed by atoms with van der Waals surface area (Å²) < 4.78 is 1.95. The Morgan fingerprint density at radius 2 is 1.89 bits per heavy atom. The second-order valence-electron chi connectivity index (χ2n) is 7.41. The van der Waals surface area contributed by atoms with E-state index in [-0.39, 0.29) is 5.54 Å². The molecule has 2 aromatic heterocycles. The normalized spacial score (nSPS) is 12.9. The van der Waals surface area contributed by atoms with Crippen LogP contribution < -0.4 is 4.90 Å². The van der Waals surface area contributed by atoms with Crippen molar-refractivity contribution in [3.8, 4) is 0 Å². The zero-order valence-electron chi connectivity index (χ0n) is 16.1. The molecular formula is C20H26ClN6+. The predicted molar refractivity (Wildman–Crippen MR) is 105 cm³/mol. The first kappa shape index (κ1) is 19.5. The molecule has 142 valence electrons. The van der Waals surface area contributed by atoms with Gasteiger partial charge in [0, 0.05) is 28.5 Å². The SMILES string of the molecule is CCC(C)(C)n1nnnc1C[NH+](Cc1cccnc1)Cc1ccccc1Cl. The summed E-state index contributed by atoms with van der Waals surface area (Å²) in [6.07, 6.45) is 4.65. The molecule has 0 amide bonds. The van der Waals surface area contributed by atoms with Crippen molar-refractivity contribution in [1.82, 2.24) is 25.2 Å². The number of pyridine rings is 1. The molecule has 0 fully saturated rings. The van der Waals surface area contributed by atoms with Crippen molar-refractivity contribution in [3.63, 3.8) is 0 Å². The second kappa shape index (κ2) is 8.59. The van der Waals surface area contributed by atoms with Gasteiger partial charge in [-0.15, -0.1) is 5.10 Å². The Labute approximate surface area is 165 Å². The van der Waals surface area contributed by atoms with E-state index in [4.69, 9.17) is 11.6 Å². The molecule has 1 unspecified atom stereocenters. The van der Waals surface area contributed by atoms with Crippen LogP contribution >= 0.6 is 11.6 Å². The van der Waals surface area contributed by atoms with Crippen LogP contribution in [0.25, 0.3) is 0 Å². The topological polar surface area (TPSA) is 60.9 Å². The summed E-state index contributed by atoms with van der Waals surface area (Å²) >= 11 is 6.41. The third-order valence-corrected chi connectivity index (χ3v) is 5.32. The molecule has 0 spiro atoms. The van der Waals surface area contributed by atoms with Crippen LogP contribution in [0.3, 0.4) is 0 Å². The fraction of sp³-hybridized carbons (Fsp3) is 0.400. The number of quaternary nitrogens is 1. The number of benzene rings is 1. The van der Waals surface area contributed by atoms with Gasteiger partial charge in [0.2, 0.25) is 5.82 Å². The maximum atomic E-state index is 6.41. The van der Waals surface area contributed by atoms with E-state index in [1.165, 1.54) is 10.5 Å². The van der Waals surface area contributed by atoms with E-state index >= 15 is 0 Å². The monoisotopic (exact) mass is 385 g/mol. The van der Waals surface area contributed by atoms with Crippen molar-refractivity contribution in [1.29, 1.82) is 0 Å². The van der Waals surface area contributed by atoms with E-state index in [1.54, 1.807) is 6.20 Å². The van der Waals surface area contributed by atoms with E-state index in [1.807, 2.05) is 35.1 Å². The van der Waals surface area contributed by atoms with Crippen LogP contribution in [0.2, 0.25) is 5.02 Å². The van der Waals surface area contributed by atoms with Crippen LogP contribution in [-0.2, 0) is 25.2 Å². The number of hydrogen-bond acceptors (Lipinski definition) is 4. The predicted octanol–water partition coefficient (Wildman–Crippen LogP) is 2.65. The van der Waals surface area contributed by atoms with Crippen molar-refractivity contribution in [3.05, 3.63) is 70.8 Å². The van der Waals surface area contributed by atoms with Crippen molar-refractivity contribution < 1.29 is 4.90 Å². The maximum absolute atomic E-state index is 6.41. The minimum absolute atomic E-state index is 0.122. The highest BCUT2D eigenvalue weighted by Crippen LogP contribution is 2.19. The molecule has 0 radical (unpaired) electrons. The highest BCUT2D eigenvalue weighted by Gasteiger charge is 2.26. The number of hydrogen-bond donors (Lipinski definition) is 1. The molecule has 3 aromatic rings. The van der Waals surface area contributed by atoms with Gasteiger partial charge in [-0.2, -0.15) is 0 Å². The fourth-order valence-electron chi connectivity index (χ4n) is 3.05. The van der Waals surface area contributed by atoms with Gasteiger partial charge in [-0.05, 0) is 42.8 Å². The van der Waals surface area contributed by atoms with Gasteiger partial charge in [0.15, 0.2) is 0 Å². The maximum Gasteiger partial charge on any atom is 0.206 e. The number of rotatable bonds is 8. The molecule has 6 nitrogen and oxygen atoms in total. The molecule has 1 atom stereocenters. The number of aromatic nitrogens is 5. The summed E-state index contributed by atoms with van der Waals surface area (Å²) in [7, 11) is 0. The standard InChI is InChI=1S/C20H25ClN6/c1-4-20(2,3)27-19(23-24-25-27)15-26(13-16-8-7-11-22-12-16)14-17-9-5-6-10-18(17)21/h5-12H,4,13-15H2,1-3H3/p+1. The minimum atomic E-state index is -0.122. The third-order valence-electron chi connectivity index (χ3n) is 4.96. The first-order chi connectivity index (χ1) is 13.0. The number of nitrogens with zero attached hydrogens (tertiary/aromatic N) is 5. The number of halogens is 1. The van der Waals surface area contributed by atoms with Gasteiger partial charge >= 0.3 is 0 Å². The van der Waals surface area contributed by atoms with E-state index < -0.39 is 0 Å². The van der Waals surface area contributed by atoms with Crippen LogP contribution in [0, 0.1) is 0 Å². The smallest absolute Gasteiger partial charge is 0.206 e. The molecular weight excluding hydrogens is 360 g/mol. The Morgan fingerprint density at radius 1 is 1.07 bits per heavy atom. The van der Waals surface area contributed by atoms with Crippen molar-refractivity contribution in [2.45, 2.75) is 52.4 Å². The molecule has 0 aliphatic rings. The molecule has 0 bridgehead atoms.